The van der Waals surface area contributed by atoms with Gasteiger partial charge in [0.25, 0.3) is 0 Å². The summed E-state index contributed by atoms with van der Waals surface area (Å²) in [5.41, 5.74) is 0.0712. The SMILES string of the molecule is CN(CCCC(=O)Nc1ccccc1Cl)C(=O)OC(C)(C)C. The van der Waals surface area contributed by atoms with Crippen LogP contribution in [0.1, 0.15) is 33.6 Å². The van der Waals surface area contributed by atoms with Gasteiger partial charge in [-0.15, -0.1) is 0 Å². The maximum Gasteiger partial charge on any atom is 0.410 e. The smallest absolute Gasteiger partial charge is 0.410 e. The Morgan fingerprint density at radius 3 is 2.50 bits per heavy atom. The average molecular weight is 327 g/mol. The molecule has 0 saturated heterocycles. The van der Waals surface area contributed by atoms with Crippen LogP contribution in [0, 0.1) is 0 Å². The first kappa shape index (κ1) is 18.3. The Balaban J connectivity index is 2.33. The number of carbonyl (C=O) groups is 2. The molecule has 1 aromatic carbocycles. The third-order valence-electron chi connectivity index (χ3n) is 2.75. The fourth-order valence-electron chi connectivity index (χ4n) is 1.68. The summed E-state index contributed by atoms with van der Waals surface area (Å²) in [6.45, 7) is 5.90. The number of ether oxygens (including phenoxy) is 1. The summed E-state index contributed by atoms with van der Waals surface area (Å²) in [6.07, 6.45) is 0.462. The van der Waals surface area contributed by atoms with Gasteiger partial charge >= 0.3 is 6.09 Å². The van der Waals surface area contributed by atoms with Crippen molar-refractivity contribution < 1.29 is 14.3 Å². The Kier molecular flexibility index (Phi) is 6.68. The molecule has 1 rings (SSSR count). The Hall–Kier alpha value is -1.75. The van der Waals surface area contributed by atoms with E-state index < -0.39 is 5.60 Å². The first-order chi connectivity index (χ1) is 10.2. The number of rotatable bonds is 5. The van der Waals surface area contributed by atoms with Crippen LogP contribution < -0.4 is 5.32 Å². The molecule has 0 aliphatic carbocycles. The van der Waals surface area contributed by atoms with Crippen LogP contribution >= 0.6 is 11.6 Å². The van der Waals surface area contributed by atoms with E-state index in [4.69, 9.17) is 16.3 Å². The van der Waals surface area contributed by atoms with Crippen LogP contribution in [0.4, 0.5) is 10.5 Å². The molecular weight excluding hydrogens is 304 g/mol. The van der Waals surface area contributed by atoms with Gasteiger partial charge in [0.2, 0.25) is 5.91 Å². The fraction of sp³-hybridized carbons (Fsp3) is 0.500. The maximum absolute atomic E-state index is 11.8. The van der Waals surface area contributed by atoms with E-state index in [0.717, 1.165) is 0 Å². The second-order valence-corrected chi connectivity index (χ2v) is 6.44. The van der Waals surface area contributed by atoms with Crippen molar-refractivity contribution >= 4 is 29.3 Å². The van der Waals surface area contributed by atoms with Gasteiger partial charge in [0.15, 0.2) is 0 Å². The second-order valence-electron chi connectivity index (χ2n) is 6.03. The minimum atomic E-state index is -0.521. The van der Waals surface area contributed by atoms with E-state index in [0.29, 0.717) is 30.1 Å². The van der Waals surface area contributed by atoms with Crippen LogP contribution in [0.5, 0.6) is 0 Å². The van der Waals surface area contributed by atoms with Crippen LogP contribution in [-0.4, -0.2) is 36.1 Å². The third-order valence-corrected chi connectivity index (χ3v) is 3.08. The van der Waals surface area contributed by atoms with Gasteiger partial charge in [-0.2, -0.15) is 0 Å². The van der Waals surface area contributed by atoms with Crippen molar-refractivity contribution in [3.63, 3.8) is 0 Å². The van der Waals surface area contributed by atoms with Crippen molar-refractivity contribution in [1.82, 2.24) is 4.90 Å². The number of para-hydroxylation sites is 1. The Labute approximate surface area is 136 Å². The van der Waals surface area contributed by atoms with Crippen LogP contribution in [0.25, 0.3) is 0 Å². The molecule has 122 valence electrons. The highest BCUT2D eigenvalue weighted by Crippen LogP contribution is 2.20. The van der Waals surface area contributed by atoms with E-state index in [1.165, 1.54) is 4.90 Å². The molecule has 1 N–H and O–H groups in total. The molecule has 0 bridgehead atoms. The molecular formula is C16H23ClN2O3. The summed E-state index contributed by atoms with van der Waals surface area (Å²) in [7, 11) is 1.65. The van der Waals surface area contributed by atoms with Crippen LogP contribution in [0.2, 0.25) is 5.02 Å². The predicted octanol–water partition coefficient (Wildman–Crippen LogP) is 3.93. The van der Waals surface area contributed by atoms with Crippen molar-refractivity contribution in [1.29, 1.82) is 0 Å². The summed E-state index contributed by atoms with van der Waals surface area (Å²) < 4.78 is 5.24. The van der Waals surface area contributed by atoms with Gasteiger partial charge in [-0.05, 0) is 39.3 Å². The van der Waals surface area contributed by atoms with Gasteiger partial charge in [-0.1, -0.05) is 23.7 Å². The number of hydrogen-bond acceptors (Lipinski definition) is 3. The minimum Gasteiger partial charge on any atom is -0.444 e. The zero-order chi connectivity index (χ0) is 16.8. The second kappa shape index (κ2) is 8.03. The predicted molar refractivity (Wildman–Crippen MR) is 88.2 cm³/mol. The molecule has 1 aromatic rings. The molecule has 0 unspecified atom stereocenters. The largest absolute Gasteiger partial charge is 0.444 e. The van der Waals surface area contributed by atoms with Gasteiger partial charge < -0.3 is 15.0 Å². The minimum absolute atomic E-state index is 0.134. The molecule has 0 aliphatic heterocycles. The topological polar surface area (TPSA) is 58.6 Å². The van der Waals surface area contributed by atoms with Crippen molar-refractivity contribution in [3.8, 4) is 0 Å². The van der Waals surface area contributed by atoms with Gasteiger partial charge in [0, 0.05) is 20.0 Å². The molecule has 0 aromatic heterocycles. The van der Waals surface area contributed by atoms with Gasteiger partial charge in [-0.3, -0.25) is 4.79 Å². The standard InChI is InChI=1S/C16H23ClN2O3/c1-16(2,3)22-15(21)19(4)11-7-10-14(20)18-13-9-6-5-8-12(13)17/h5-6,8-9H,7,10-11H2,1-4H3,(H,18,20). The number of nitrogens with zero attached hydrogens (tertiary/aromatic N) is 1. The van der Waals surface area contributed by atoms with Gasteiger partial charge in [-0.25, -0.2) is 4.79 Å². The summed E-state index contributed by atoms with van der Waals surface area (Å²) in [4.78, 5) is 25.1. The van der Waals surface area contributed by atoms with E-state index in [9.17, 15) is 9.59 Å². The lowest BCUT2D eigenvalue weighted by Gasteiger charge is -2.24. The van der Waals surface area contributed by atoms with E-state index in [1.807, 2.05) is 20.8 Å². The highest BCUT2D eigenvalue weighted by atomic mass is 35.5. The number of halogens is 1. The number of amides is 2. The maximum atomic E-state index is 11.8. The summed E-state index contributed by atoms with van der Waals surface area (Å²) in [5, 5.41) is 3.25. The van der Waals surface area contributed by atoms with Gasteiger partial charge in [0.05, 0.1) is 10.7 Å². The normalized spacial score (nSPS) is 11.0. The lowest BCUT2D eigenvalue weighted by atomic mass is 10.2. The molecule has 22 heavy (non-hydrogen) atoms. The highest BCUT2D eigenvalue weighted by molar-refractivity contribution is 6.33. The quantitative estimate of drug-likeness (QED) is 0.892. The van der Waals surface area contributed by atoms with Crippen molar-refractivity contribution in [2.45, 2.75) is 39.2 Å². The molecule has 0 spiro atoms. The van der Waals surface area contributed by atoms with Crippen molar-refractivity contribution in [2.75, 3.05) is 18.9 Å². The van der Waals surface area contributed by atoms with E-state index in [1.54, 1.807) is 31.3 Å². The molecule has 6 heteroatoms. The van der Waals surface area contributed by atoms with E-state index in [2.05, 4.69) is 5.32 Å². The van der Waals surface area contributed by atoms with E-state index in [-0.39, 0.29) is 12.0 Å². The fourth-order valence-corrected chi connectivity index (χ4v) is 1.87. The molecule has 2 amide bonds. The monoisotopic (exact) mass is 326 g/mol. The molecule has 0 fully saturated rings. The number of nitrogens with one attached hydrogen (secondary N) is 1. The van der Waals surface area contributed by atoms with Crippen LogP contribution in [0.15, 0.2) is 24.3 Å². The van der Waals surface area contributed by atoms with Crippen molar-refractivity contribution in [2.24, 2.45) is 0 Å². The molecule has 0 heterocycles. The first-order valence-corrected chi connectivity index (χ1v) is 7.55. The highest BCUT2D eigenvalue weighted by Gasteiger charge is 2.19. The molecule has 0 aliphatic rings. The number of anilines is 1. The summed E-state index contributed by atoms with van der Waals surface area (Å²) in [6, 6.07) is 7.06. The molecule has 5 nitrogen and oxygen atoms in total. The zero-order valence-corrected chi connectivity index (χ0v) is 14.2. The Morgan fingerprint density at radius 2 is 1.91 bits per heavy atom. The van der Waals surface area contributed by atoms with Crippen molar-refractivity contribution in [3.05, 3.63) is 29.3 Å². The average Bonchev–Trinajstić information content (AvgIpc) is 2.39. The molecule has 0 saturated carbocycles. The number of carbonyl (C=O) groups excluding carboxylic acids is 2. The number of hydrogen-bond donors (Lipinski definition) is 1. The Morgan fingerprint density at radius 1 is 1.27 bits per heavy atom. The lowest BCUT2D eigenvalue weighted by molar-refractivity contribution is -0.116. The number of benzene rings is 1. The van der Waals surface area contributed by atoms with Gasteiger partial charge in [0.1, 0.15) is 5.60 Å². The molecule has 0 atom stereocenters. The first-order valence-electron chi connectivity index (χ1n) is 7.17. The zero-order valence-electron chi connectivity index (χ0n) is 13.5. The molecule has 0 radical (unpaired) electrons. The Bertz CT molecular complexity index is 526. The summed E-state index contributed by atoms with van der Waals surface area (Å²) in [5.74, 6) is -0.134. The van der Waals surface area contributed by atoms with E-state index >= 15 is 0 Å². The third kappa shape index (κ3) is 6.80. The lowest BCUT2D eigenvalue weighted by Crippen LogP contribution is -2.35. The van der Waals surface area contributed by atoms with Crippen LogP contribution in [0.3, 0.4) is 0 Å². The summed E-state index contributed by atoms with van der Waals surface area (Å²) >= 11 is 5.97. The van der Waals surface area contributed by atoms with Crippen LogP contribution in [-0.2, 0) is 9.53 Å².